The Morgan fingerprint density at radius 3 is 2.39 bits per heavy atom. The van der Waals surface area contributed by atoms with Gasteiger partial charge in [0, 0.05) is 30.4 Å². The third-order valence-electron chi connectivity index (χ3n) is 5.51. The third-order valence-corrected chi connectivity index (χ3v) is 5.51. The van der Waals surface area contributed by atoms with E-state index in [1.165, 1.54) is 6.34 Å². The number of anilines is 3. The minimum atomic E-state index is -0.949. The summed E-state index contributed by atoms with van der Waals surface area (Å²) in [5.74, 6) is -0.00333. The molecular formula is C27H36N6O3. The molecule has 0 aliphatic carbocycles. The van der Waals surface area contributed by atoms with E-state index < -0.39 is 17.0 Å². The quantitative estimate of drug-likeness (QED) is 0.274. The summed E-state index contributed by atoms with van der Waals surface area (Å²) in [5.41, 5.74) is 1.36. The van der Waals surface area contributed by atoms with Gasteiger partial charge in [-0.2, -0.15) is 5.26 Å². The van der Waals surface area contributed by atoms with Gasteiger partial charge in [0.1, 0.15) is 0 Å². The summed E-state index contributed by atoms with van der Waals surface area (Å²) in [4.78, 5) is 31.3. The van der Waals surface area contributed by atoms with Crippen molar-refractivity contribution in [3.05, 3.63) is 48.0 Å². The highest BCUT2D eigenvalue weighted by Crippen LogP contribution is 2.33. The summed E-state index contributed by atoms with van der Waals surface area (Å²) in [5, 5.41) is 27.4. The van der Waals surface area contributed by atoms with E-state index in [1.54, 1.807) is 62.2 Å². The fraction of sp³-hybridized carbons (Fsp3) is 0.407. The maximum atomic E-state index is 13.1. The van der Waals surface area contributed by atoms with E-state index in [2.05, 4.69) is 27.9 Å². The van der Waals surface area contributed by atoms with Crippen LogP contribution >= 0.6 is 0 Å². The number of aliphatic imine (C=N–C) groups is 1. The van der Waals surface area contributed by atoms with Gasteiger partial charge in [-0.15, -0.1) is 0 Å². The molecule has 0 unspecified atom stereocenters. The number of nitriles is 1. The second-order valence-corrected chi connectivity index (χ2v) is 9.91. The Balaban J connectivity index is 2.22. The van der Waals surface area contributed by atoms with Crippen molar-refractivity contribution in [1.29, 1.82) is 5.26 Å². The molecule has 2 aromatic carbocycles. The molecule has 4 N–H and O–H groups in total. The number of urea groups is 1. The molecule has 0 radical (unpaired) electrons. The van der Waals surface area contributed by atoms with Crippen LogP contribution in [0.25, 0.3) is 0 Å². The number of carbonyl (C=O) groups is 2. The molecule has 0 saturated heterocycles. The number of hydrogen-bond donors (Lipinski definition) is 4. The zero-order chi connectivity index (χ0) is 26.9. The van der Waals surface area contributed by atoms with Gasteiger partial charge in [0.15, 0.2) is 0 Å². The lowest BCUT2D eigenvalue weighted by molar-refractivity contribution is -0.126. The minimum Gasteiger partial charge on any atom is -0.389 e. The summed E-state index contributed by atoms with van der Waals surface area (Å²) >= 11 is 0. The van der Waals surface area contributed by atoms with Crippen molar-refractivity contribution >= 4 is 41.0 Å². The molecule has 0 heterocycles. The monoisotopic (exact) mass is 492 g/mol. The van der Waals surface area contributed by atoms with Gasteiger partial charge in [-0.05, 0) is 62.7 Å². The number of rotatable bonds is 10. The van der Waals surface area contributed by atoms with Crippen LogP contribution in [0.15, 0.2) is 47.5 Å². The van der Waals surface area contributed by atoms with Gasteiger partial charge in [-0.25, -0.2) is 9.79 Å². The summed E-state index contributed by atoms with van der Waals surface area (Å²) in [6.45, 7) is 9.58. The van der Waals surface area contributed by atoms with E-state index in [-0.39, 0.29) is 12.5 Å². The molecule has 0 spiro atoms. The van der Waals surface area contributed by atoms with E-state index in [1.807, 2.05) is 26.0 Å². The van der Waals surface area contributed by atoms with Crippen LogP contribution in [0.5, 0.6) is 0 Å². The fourth-order valence-electron chi connectivity index (χ4n) is 3.56. The summed E-state index contributed by atoms with van der Waals surface area (Å²) < 4.78 is 0. The SMILES string of the molecule is CCCC(C)(C)C(=O)N(C)c1ccc(NCC(C)(C)O)c(N=CNC(=O)Nc2ccc(C#N)cc2)c1. The van der Waals surface area contributed by atoms with Crippen LogP contribution in [-0.4, -0.2) is 42.6 Å². The molecule has 0 fully saturated rings. The molecule has 2 aromatic rings. The van der Waals surface area contributed by atoms with Crippen LogP contribution < -0.4 is 20.9 Å². The van der Waals surface area contributed by atoms with Crippen molar-refractivity contribution in [3.63, 3.8) is 0 Å². The van der Waals surface area contributed by atoms with Crippen molar-refractivity contribution in [1.82, 2.24) is 5.32 Å². The molecule has 192 valence electrons. The fourth-order valence-corrected chi connectivity index (χ4v) is 3.56. The van der Waals surface area contributed by atoms with E-state index in [0.29, 0.717) is 28.3 Å². The molecule has 2 rings (SSSR count). The molecule has 9 heteroatoms. The van der Waals surface area contributed by atoms with Gasteiger partial charge in [0.05, 0.1) is 34.9 Å². The molecular weight excluding hydrogens is 456 g/mol. The van der Waals surface area contributed by atoms with Crippen molar-refractivity contribution in [2.75, 3.05) is 29.1 Å². The Bertz CT molecular complexity index is 1130. The predicted molar refractivity (Wildman–Crippen MR) is 145 cm³/mol. The van der Waals surface area contributed by atoms with Gasteiger partial charge >= 0.3 is 6.03 Å². The van der Waals surface area contributed by atoms with Gasteiger partial charge in [0.2, 0.25) is 5.91 Å². The number of nitrogens with one attached hydrogen (secondary N) is 3. The molecule has 0 atom stereocenters. The van der Waals surface area contributed by atoms with Crippen LogP contribution in [0.3, 0.4) is 0 Å². The number of hydrogen-bond acceptors (Lipinski definition) is 6. The first-order chi connectivity index (χ1) is 16.9. The van der Waals surface area contributed by atoms with Crippen LogP contribution in [-0.2, 0) is 4.79 Å². The maximum absolute atomic E-state index is 13.1. The van der Waals surface area contributed by atoms with Crippen molar-refractivity contribution in [3.8, 4) is 6.07 Å². The first-order valence-electron chi connectivity index (χ1n) is 11.8. The number of carbonyl (C=O) groups excluding carboxylic acids is 2. The Hall–Kier alpha value is -3.90. The number of aliphatic hydroxyl groups is 1. The molecule has 36 heavy (non-hydrogen) atoms. The highest BCUT2D eigenvalue weighted by atomic mass is 16.3. The van der Waals surface area contributed by atoms with Crippen LogP contribution in [0.2, 0.25) is 0 Å². The van der Waals surface area contributed by atoms with Crippen LogP contribution in [0.1, 0.15) is 53.0 Å². The van der Waals surface area contributed by atoms with Gasteiger partial charge in [-0.3, -0.25) is 10.1 Å². The molecule has 3 amide bonds. The van der Waals surface area contributed by atoms with E-state index in [4.69, 9.17) is 5.26 Å². The largest absolute Gasteiger partial charge is 0.389 e. The van der Waals surface area contributed by atoms with Crippen LogP contribution in [0.4, 0.5) is 27.5 Å². The zero-order valence-corrected chi connectivity index (χ0v) is 21.8. The topological polar surface area (TPSA) is 130 Å². The summed E-state index contributed by atoms with van der Waals surface area (Å²) in [7, 11) is 1.73. The first kappa shape index (κ1) is 28.3. The molecule has 0 bridgehead atoms. The third kappa shape index (κ3) is 8.40. The van der Waals surface area contributed by atoms with Crippen molar-refractivity contribution in [2.45, 2.75) is 53.1 Å². The van der Waals surface area contributed by atoms with E-state index in [9.17, 15) is 14.7 Å². The average molecular weight is 493 g/mol. The standard InChI is InChI=1S/C27H36N6O3/c1-7-14-26(2,3)24(34)33(6)21-12-13-22(29-17-27(4,5)36)23(15-21)30-18-31-25(35)32-20-10-8-19(16-28)9-11-20/h8-13,15,18,29,36H,7,14,17H2,1-6H3,(H2,30,31,32,35). The average Bonchev–Trinajstić information content (AvgIpc) is 2.82. The van der Waals surface area contributed by atoms with Gasteiger partial charge < -0.3 is 20.6 Å². The molecule has 0 aliphatic heterocycles. The lowest BCUT2D eigenvalue weighted by Crippen LogP contribution is -2.38. The molecule has 0 aliphatic rings. The lowest BCUT2D eigenvalue weighted by Gasteiger charge is -2.29. The summed E-state index contributed by atoms with van der Waals surface area (Å²) in [6.07, 6.45) is 2.93. The highest BCUT2D eigenvalue weighted by Gasteiger charge is 2.30. The normalized spacial score (nSPS) is 11.6. The summed E-state index contributed by atoms with van der Waals surface area (Å²) in [6, 6.07) is 13.4. The van der Waals surface area contributed by atoms with Crippen LogP contribution in [0, 0.1) is 16.7 Å². The lowest BCUT2D eigenvalue weighted by atomic mass is 9.86. The number of amides is 3. The van der Waals surface area contributed by atoms with Crippen molar-refractivity contribution < 1.29 is 14.7 Å². The number of benzene rings is 2. The van der Waals surface area contributed by atoms with E-state index >= 15 is 0 Å². The smallest absolute Gasteiger partial charge is 0.324 e. The van der Waals surface area contributed by atoms with Gasteiger partial charge in [0.25, 0.3) is 0 Å². The predicted octanol–water partition coefficient (Wildman–Crippen LogP) is 5.01. The second kappa shape index (κ2) is 12.2. The first-order valence-corrected chi connectivity index (χ1v) is 11.8. The Morgan fingerprint density at radius 1 is 1.14 bits per heavy atom. The molecule has 0 aromatic heterocycles. The maximum Gasteiger partial charge on any atom is 0.324 e. The molecule has 9 nitrogen and oxygen atoms in total. The Morgan fingerprint density at radius 2 is 1.81 bits per heavy atom. The van der Waals surface area contributed by atoms with Crippen molar-refractivity contribution in [2.24, 2.45) is 10.4 Å². The second-order valence-electron chi connectivity index (χ2n) is 9.91. The molecule has 0 saturated carbocycles. The zero-order valence-electron chi connectivity index (χ0n) is 21.8. The highest BCUT2D eigenvalue weighted by molar-refractivity contribution is 5.98. The number of nitrogens with zero attached hydrogens (tertiary/aromatic N) is 3. The Labute approximate surface area is 213 Å². The Kier molecular flexibility index (Phi) is 9.59. The minimum absolute atomic E-state index is 0.00333. The van der Waals surface area contributed by atoms with E-state index in [0.717, 1.165) is 12.8 Å². The van der Waals surface area contributed by atoms with Gasteiger partial charge in [-0.1, -0.05) is 27.2 Å².